The molecule has 0 bridgehead atoms. The van der Waals surface area contributed by atoms with Crippen LogP contribution in [0.1, 0.15) is 26.0 Å². The van der Waals surface area contributed by atoms with Crippen molar-refractivity contribution in [3.05, 3.63) is 35.3 Å². The number of aliphatic carboxylic acids is 1. The normalized spacial score (nSPS) is 10.5. The predicted molar refractivity (Wildman–Crippen MR) is 96.9 cm³/mol. The maximum Gasteiger partial charge on any atom is 0.305 e. The third-order valence-corrected chi connectivity index (χ3v) is 4.57. The summed E-state index contributed by atoms with van der Waals surface area (Å²) in [5, 5.41) is 11.5. The van der Waals surface area contributed by atoms with E-state index < -0.39 is 5.97 Å². The topological polar surface area (TPSA) is 79.7 Å². The zero-order chi connectivity index (χ0) is 18.2. The van der Waals surface area contributed by atoms with E-state index in [1.54, 1.807) is 4.90 Å². The minimum Gasteiger partial charge on any atom is -0.494 e. The van der Waals surface area contributed by atoms with E-state index in [4.69, 9.17) is 9.84 Å². The van der Waals surface area contributed by atoms with E-state index >= 15 is 0 Å². The largest absolute Gasteiger partial charge is 0.494 e. The minimum atomic E-state index is -0.905. The Labute approximate surface area is 151 Å². The lowest BCUT2D eigenvalue weighted by atomic mass is 10.2. The van der Waals surface area contributed by atoms with Crippen molar-refractivity contribution in [2.75, 3.05) is 19.7 Å². The van der Waals surface area contributed by atoms with Crippen LogP contribution in [0.5, 0.6) is 5.75 Å². The van der Waals surface area contributed by atoms with E-state index in [2.05, 4.69) is 4.98 Å². The molecule has 0 aliphatic heterocycles. The number of carbonyl (C=O) groups excluding carboxylic acids is 1. The van der Waals surface area contributed by atoms with Gasteiger partial charge in [-0.15, -0.1) is 11.3 Å². The third-order valence-electron chi connectivity index (χ3n) is 3.63. The van der Waals surface area contributed by atoms with Crippen LogP contribution in [0.15, 0.2) is 29.6 Å². The van der Waals surface area contributed by atoms with Crippen LogP contribution in [0.3, 0.4) is 0 Å². The number of carboxylic acids is 1. The van der Waals surface area contributed by atoms with Crippen LogP contribution in [0.4, 0.5) is 0 Å². The van der Waals surface area contributed by atoms with Gasteiger partial charge in [-0.05, 0) is 38.1 Å². The molecular formula is C18H22N2O4S. The zero-order valence-corrected chi connectivity index (χ0v) is 15.2. The first kappa shape index (κ1) is 18.9. The predicted octanol–water partition coefficient (Wildman–Crippen LogP) is 3.07. The molecule has 1 aromatic heterocycles. The van der Waals surface area contributed by atoms with Gasteiger partial charge in [0.05, 0.1) is 25.1 Å². The highest BCUT2D eigenvalue weighted by Crippen LogP contribution is 2.26. The van der Waals surface area contributed by atoms with Gasteiger partial charge in [0.2, 0.25) is 5.91 Å². The zero-order valence-electron chi connectivity index (χ0n) is 14.4. The summed E-state index contributed by atoms with van der Waals surface area (Å²) in [6.45, 7) is 5.11. The molecule has 0 saturated heterocycles. The summed E-state index contributed by atoms with van der Waals surface area (Å²) in [6.07, 6.45) is 0.134. The minimum absolute atomic E-state index is 0.0475. The number of ether oxygens (including phenoxy) is 1. The number of hydrogen-bond donors (Lipinski definition) is 1. The Bertz CT molecular complexity index is 712. The van der Waals surface area contributed by atoms with Crippen LogP contribution >= 0.6 is 11.3 Å². The second-order valence-electron chi connectivity index (χ2n) is 5.40. The van der Waals surface area contributed by atoms with Gasteiger partial charge in [-0.25, -0.2) is 4.98 Å². The van der Waals surface area contributed by atoms with Gasteiger partial charge in [-0.3, -0.25) is 9.59 Å². The first-order chi connectivity index (χ1) is 12.0. The van der Waals surface area contributed by atoms with E-state index in [9.17, 15) is 9.59 Å². The summed E-state index contributed by atoms with van der Waals surface area (Å²) in [5.74, 6) is -0.194. The number of benzene rings is 1. The van der Waals surface area contributed by atoms with Gasteiger partial charge in [0.1, 0.15) is 10.8 Å². The second-order valence-corrected chi connectivity index (χ2v) is 6.25. The quantitative estimate of drug-likeness (QED) is 0.741. The molecule has 2 rings (SSSR count). The number of likely N-dealkylation sites (N-methyl/N-ethyl adjacent to an activating group) is 1. The van der Waals surface area contributed by atoms with Crippen LogP contribution in [0, 0.1) is 0 Å². The number of thiazole rings is 1. The van der Waals surface area contributed by atoms with Crippen LogP contribution in [0.2, 0.25) is 0 Å². The number of rotatable bonds is 9. The lowest BCUT2D eigenvalue weighted by Crippen LogP contribution is -2.34. The molecule has 0 fully saturated rings. The van der Waals surface area contributed by atoms with Crippen LogP contribution in [0.25, 0.3) is 10.6 Å². The number of aromatic nitrogens is 1. The average molecular weight is 362 g/mol. The van der Waals surface area contributed by atoms with Crippen molar-refractivity contribution in [3.63, 3.8) is 0 Å². The van der Waals surface area contributed by atoms with Crippen LogP contribution in [-0.4, -0.2) is 46.6 Å². The Morgan fingerprint density at radius 3 is 2.56 bits per heavy atom. The lowest BCUT2D eigenvalue weighted by Gasteiger charge is -2.19. The fraction of sp³-hybridized carbons (Fsp3) is 0.389. The van der Waals surface area contributed by atoms with Crippen molar-refractivity contribution >= 4 is 23.2 Å². The molecule has 0 unspecified atom stereocenters. The Balaban J connectivity index is 2.00. The smallest absolute Gasteiger partial charge is 0.305 e. The molecule has 1 N–H and O–H groups in total. The standard InChI is InChI=1S/C18H22N2O4S/c1-3-20(10-9-17(22)23)16(21)11-14-12-25-18(19-14)13-5-7-15(8-6-13)24-4-2/h5-8,12H,3-4,9-11H2,1-2H3,(H,22,23). The van der Waals surface area contributed by atoms with Gasteiger partial charge in [-0.1, -0.05) is 0 Å². The van der Waals surface area contributed by atoms with Gasteiger partial charge in [0.15, 0.2) is 0 Å². The number of nitrogens with zero attached hydrogens (tertiary/aromatic N) is 2. The van der Waals surface area contributed by atoms with Crippen molar-refractivity contribution in [2.45, 2.75) is 26.7 Å². The molecule has 0 saturated carbocycles. The molecule has 6 nitrogen and oxygen atoms in total. The Kier molecular flexibility index (Phi) is 6.94. The van der Waals surface area contributed by atoms with Crippen molar-refractivity contribution in [1.29, 1.82) is 0 Å². The fourth-order valence-corrected chi connectivity index (χ4v) is 3.16. The third kappa shape index (κ3) is 5.56. The lowest BCUT2D eigenvalue weighted by molar-refractivity contribution is -0.138. The SMILES string of the molecule is CCOc1ccc(-c2nc(CC(=O)N(CC)CCC(=O)O)cs2)cc1. The number of hydrogen-bond acceptors (Lipinski definition) is 5. The van der Waals surface area contributed by atoms with E-state index in [0.29, 0.717) is 18.8 Å². The molecular weight excluding hydrogens is 340 g/mol. The van der Waals surface area contributed by atoms with Gasteiger partial charge >= 0.3 is 5.97 Å². The Hall–Kier alpha value is -2.41. The highest BCUT2D eigenvalue weighted by Gasteiger charge is 2.15. The summed E-state index contributed by atoms with van der Waals surface area (Å²) in [4.78, 5) is 29.0. The maximum absolute atomic E-state index is 12.3. The molecule has 0 aliphatic rings. The number of amides is 1. The van der Waals surface area contributed by atoms with Crippen LogP contribution < -0.4 is 4.74 Å². The molecule has 25 heavy (non-hydrogen) atoms. The summed E-state index contributed by atoms with van der Waals surface area (Å²) < 4.78 is 5.42. The molecule has 7 heteroatoms. The summed E-state index contributed by atoms with van der Waals surface area (Å²) in [5.41, 5.74) is 1.68. The molecule has 2 aromatic rings. The molecule has 0 aliphatic carbocycles. The van der Waals surface area contributed by atoms with E-state index in [1.165, 1.54) is 11.3 Å². The van der Waals surface area contributed by atoms with Crippen LogP contribution in [-0.2, 0) is 16.0 Å². The Morgan fingerprint density at radius 2 is 1.96 bits per heavy atom. The fourth-order valence-electron chi connectivity index (χ4n) is 2.34. The molecule has 1 amide bonds. The molecule has 0 atom stereocenters. The molecule has 134 valence electrons. The average Bonchev–Trinajstić information content (AvgIpc) is 3.04. The van der Waals surface area contributed by atoms with Gasteiger partial charge in [-0.2, -0.15) is 0 Å². The van der Waals surface area contributed by atoms with Crippen molar-refractivity contribution < 1.29 is 19.4 Å². The first-order valence-electron chi connectivity index (χ1n) is 8.20. The van der Waals surface area contributed by atoms with Gasteiger partial charge in [0.25, 0.3) is 0 Å². The summed E-state index contributed by atoms with van der Waals surface area (Å²) >= 11 is 1.48. The Morgan fingerprint density at radius 1 is 1.24 bits per heavy atom. The van der Waals surface area contributed by atoms with E-state index in [0.717, 1.165) is 16.3 Å². The number of carboxylic acid groups (broad SMARTS) is 1. The van der Waals surface area contributed by atoms with Gasteiger partial charge in [0, 0.05) is 24.0 Å². The maximum atomic E-state index is 12.3. The number of carbonyl (C=O) groups is 2. The second kappa shape index (κ2) is 9.17. The van der Waals surface area contributed by atoms with E-state index in [1.807, 2.05) is 43.5 Å². The monoisotopic (exact) mass is 362 g/mol. The molecule has 1 aromatic carbocycles. The summed E-state index contributed by atoms with van der Waals surface area (Å²) in [7, 11) is 0. The van der Waals surface area contributed by atoms with Crippen molar-refractivity contribution in [1.82, 2.24) is 9.88 Å². The highest BCUT2D eigenvalue weighted by atomic mass is 32.1. The molecule has 1 heterocycles. The van der Waals surface area contributed by atoms with Crippen molar-refractivity contribution in [2.24, 2.45) is 0 Å². The highest BCUT2D eigenvalue weighted by molar-refractivity contribution is 7.13. The van der Waals surface area contributed by atoms with E-state index in [-0.39, 0.29) is 25.3 Å². The summed E-state index contributed by atoms with van der Waals surface area (Å²) in [6, 6.07) is 7.69. The molecule has 0 radical (unpaired) electrons. The molecule has 0 spiro atoms. The van der Waals surface area contributed by atoms with Crippen molar-refractivity contribution in [3.8, 4) is 16.3 Å². The van der Waals surface area contributed by atoms with Gasteiger partial charge < -0.3 is 14.7 Å². The first-order valence-corrected chi connectivity index (χ1v) is 9.08.